The highest BCUT2D eigenvalue weighted by atomic mass is 19.2. The molecule has 1 aromatic rings. The minimum Gasteiger partial charge on any atom is -0.480 e. The summed E-state index contributed by atoms with van der Waals surface area (Å²) in [6, 6.07) is 7.67. The standard InChI is InChI=1S/C12H13F2NO2/c13-9-7-15(11(10(9)14)12(16)17)6-8-4-2-1-3-5-8/h1-5,9-11H,6-7H2,(H,16,17). The fraction of sp³-hybridized carbons (Fsp3) is 0.417. The topological polar surface area (TPSA) is 40.5 Å². The number of nitrogens with zero attached hydrogens (tertiary/aromatic N) is 1. The van der Waals surface area contributed by atoms with Crippen LogP contribution in [0.15, 0.2) is 30.3 Å². The Balaban J connectivity index is 2.12. The summed E-state index contributed by atoms with van der Waals surface area (Å²) in [5, 5.41) is 8.90. The van der Waals surface area contributed by atoms with Crippen molar-refractivity contribution >= 4 is 5.97 Å². The zero-order chi connectivity index (χ0) is 12.4. The van der Waals surface area contributed by atoms with Gasteiger partial charge in [-0.1, -0.05) is 30.3 Å². The van der Waals surface area contributed by atoms with Crippen LogP contribution in [-0.2, 0) is 11.3 Å². The van der Waals surface area contributed by atoms with Gasteiger partial charge < -0.3 is 5.11 Å². The largest absolute Gasteiger partial charge is 0.480 e. The van der Waals surface area contributed by atoms with Gasteiger partial charge in [-0.15, -0.1) is 0 Å². The number of carboxylic acids is 1. The van der Waals surface area contributed by atoms with Gasteiger partial charge in [0.05, 0.1) is 0 Å². The van der Waals surface area contributed by atoms with Crippen LogP contribution in [-0.4, -0.2) is 40.9 Å². The fourth-order valence-corrected chi connectivity index (χ4v) is 2.11. The summed E-state index contributed by atoms with van der Waals surface area (Å²) in [6.45, 7) is 0.0751. The molecule has 17 heavy (non-hydrogen) atoms. The Hall–Kier alpha value is -1.49. The summed E-state index contributed by atoms with van der Waals surface area (Å²) in [7, 11) is 0. The quantitative estimate of drug-likeness (QED) is 0.874. The molecule has 3 atom stereocenters. The number of alkyl halides is 2. The smallest absolute Gasteiger partial charge is 0.324 e. The van der Waals surface area contributed by atoms with Crippen molar-refractivity contribution in [1.29, 1.82) is 0 Å². The second-order valence-corrected chi connectivity index (χ2v) is 4.16. The van der Waals surface area contributed by atoms with Crippen LogP contribution in [0.1, 0.15) is 5.56 Å². The van der Waals surface area contributed by atoms with E-state index >= 15 is 0 Å². The van der Waals surface area contributed by atoms with Gasteiger partial charge in [-0.25, -0.2) is 8.78 Å². The third-order valence-corrected chi connectivity index (χ3v) is 2.93. The van der Waals surface area contributed by atoms with E-state index < -0.39 is 24.4 Å². The Kier molecular flexibility index (Phi) is 3.38. The highest BCUT2D eigenvalue weighted by Crippen LogP contribution is 2.26. The van der Waals surface area contributed by atoms with Crippen molar-refractivity contribution in [2.24, 2.45) is 0 Å². The maximum atomic E-state index is 13.4. The molecule has 3 unspecified atom stereocenters. The Bertz CT molecular complexity index is 399. The first-order valence-corrected chi connectivity index (χ1v) is 5.38. The molecule has 1 heterocycles. The molecule has 2 rings (SSSR count). The van der Waals surface area contributed by atoms with Crippen LogP contribution in [0.3, 0.4) is 0 Å². The average Bonchev–Trinajstić information content (AvgIpc) is 2.56. The summed E-state index contributed by atoms with van der Waals surface area (Å²) in [4.78, 5) is 12.2. The van der Waals surface area contributed by atoms with Crippen LogP contribution < -0.4 is 0 Å². The number of carboxylic acid groups (broad SMARTS) is 1. The van der Waals surface area contributed by atoms with E-state index in [4.69, 9.17) is 5.11 Å². The van der Waals surface area contributed by atoms with Crippen molar-refractivity contribution in [2.45, 2.75) is 24.9 Å². The van der Waals surface area contributed by atoms with Crippen LogP contribution in [0.5, 0.6) is 0 Å². The lowest BCUT2D eigenvalue weighted by Crippen LogP contribution is -2.40. The molecule has 0 spiro atoms. The summed E-state index contributed by atoms with van der Waals surface area (Å²) in [5.74, 6) is -1.31. The van der Waals surface area contributed by atoms with Gasteiger partial charge >= 0.3 is 5.97 Å². The van der Waals surface area contributed by atoms with E-state index in [1.54, 1.807) is 24.3 Å². The predicted molar refractivity (Wildman–Crippen MR) is 58.1 cm³/mol. The number of carbonyl (C=O) groups is 1. The zero-order valence-electron chi connectivity index (χ0n) is 9.09. The third kappa shape index (κ3) is 2.44. The number of hydrogen-bond donors (Lipinski definition) is 1. The van der Waals surface area contributed by atoms with Crippen molar-refractivity contribution in [3.8, 4) is 0 Å². The minimum atomic E-state index is -1.95. The van der Waals surface area contributed by atoms with Gasteiger partial charge in [0.15, 0.2) is 6.17 Å². The molecule has 1 aliphatic rings. The van der Waals surface area contributed by atoms with Crippen molar-refractivity contribution in [2.75, 3.05) is 6.54 Å². The number of aliphatic carboxylic acids is 1. The predicted octanol–water partition coefficient (Wildman–Crippen LogP) is 1.63. The molecule has 0 bridgehead atoms. The van der Waals surface area contributed by atoms with E-state index in [-0.39, 0.29) is 13.1 Å². The second-order valence-electron chi connectivity index (χ2n) is 4.16. The summed E-state index contributed by atoms with van der Waals surface area (Å²) in [5.41, 5.74) is 0.847. The third-order valence-electron chi connectivity index (χ3n) is 2.93. The molecule has 1 aliphatic heterocycles. The van der Waals surface area contributed by atoms with Crippen LogP contribution in [0.25, 0.3) is 0 Å². The first kappa shape index (κ1) is 12.0. The molecule has 1 aromatic carbocycles. The van der Waals surface area contributed by atoms with E-state index in [1.165, 1.54) is 4.90 Å². The Labute approximate surface area is 97.7 Å². The summed E-state index contributed by atoms with van der Waals surface area (Å²) in [6.07, 6.45) is -3.67. The lowest BCUT2D eigenvalue weighted by molar-refractivity contribution is -0.144. The first-order chi connectivity index (χ1) is 8.09. The molecular formula is C12H13F2NO2. The lowest BCUT2D eigenvalue weighted by atomic mass is 10.1. The maximum absolute atomic E-state index is 13.4. The fourth-order valence-electron chi connectivity index (χ4n) is 2.11. The van der Waals surface area contributed by atoms with Crippen LogP contribution in [0.4, 0.5) is 8.78 Å². The highest BCUT2D eigenvalue weighted by molar-refractivity contribution is 5.75. The van der Waals surface area contributed by atoms with E-state index in [1.807, 2.05) is 6.07 Å². The summed E-state index contributed by atoms with van der Waals surface area (Å²) >= 11 is 0. The highest BCUT2D eigenvalue weighted by Gasteiger charge is 2.46. The van der Waals surface area contributed by atoms with Crippen molar-refractivity contribution < 1.29 is 18.7 Å². The van der Waals surface area contributed by atoms with Crippen molar-refractivity contribution in [3.05, 3.63) is 35.9 Å². The number of benzene rings is 1. The number of hydrogen-bond acceptors (Lipinski definition) is 2. The van der Waals surface area contributed by atoms with Crippen LogP contribution >= 0.6 is 0 Å². The van der Waals surface area contributed by atoms with Crippen molar-refractivity contribution in [3.63, 3.8) is 0 Å². The Morgan fingerprint density at radius 2 is 2.00 bits per heavy atom. The maximum Gasteiger partial charge on any atom is 0.324 e. The molecule has 3 nitrogen and oxygen atoms in total. The molecule has 0 radical (unpaired) electrons. The van der Waals surface area contributed by atoms with Gasteiger partial charge in [0.25, 0.3) is 0 Å². The van der Waals surface area contributed by atoms with Gasteiger partial charge in [0, 0.05) is 13.1 Å². The molecule has 5 heteroatoms. The number of rotatable bonds is 3. The van der Waals surface area contributed by atoms with E-state index in [2.05, 4.69) is 0 Å². The molecule has 0 amide bonds. The van der Waals surface area contributed by atoms with Gasteiger partial charge in [-0.05, 0) is 5.56 Å². The number of likely N-dealkylation sites (tertiary alicyclic amines) is 1. The van der Waals surface area contributed by atoms with Gasteiger partial charge in [-0.3, -0.25) is 9.69 Å². The zero-order valence-corrected chi connectivity index (χ0v) is 9.09. The monoisotopic (exact) mass is 241 g/mol. The lowest BCUT2D eigenvalue weighted by Gasteiger charge is -2.21. The van der Waals surface area contributed by atoms with Gasteiger partial charge in [0.1, 0.15) is 12.2 Å². The minimum absolute atomic E-state index is 0.174. The van der Waals surface area contributed by atoms with Crippen LogP contribution in [0, 0.1) is 0 Å². The summed E-state index contributed by atoms with van der Waals surface area (Å²) < 4.78 is 26.6. The van der Waals surface area contributed by atoms with Gasteiger partial charge in [-0.2, -0.15) is 0 Å². The van der Waals surface area contributed by atoms with E-state index in [9.17, 15) is 13.6 Å². The molecule has 1 fully saturated rings. The van der Waals surface area contributed by atoms with Gasteiger partial charge in [0.2, 0.25) is 0 Å². The van der Waals surface area contributed by atoms with Crippen LogP contribution in [0.2, 0.25) is 0 Å². The molecule has 1 N–H and O–H groups in total. The molecule has 0 aliphatic carbocycles. The molecule has 1 saturated heterocycles. The molecule has 92 valence electrons. The van der Waals surface area contributed by atoms with Crippen molar-refractivity contribution in [1.82, 2.24) is 4.90 Å². The second kappa shape index (κ2) is 4.79. The Morgan fingerprint density at radius 1 is 1.35 bits per heavy atom. The first-order valence-electron chi connectivity index (χ1n) is 5.38. The Morgan fingerprint density at radius 3 is 2.59 bits per heavy atom. The van der Waals surface area contributed by atoms with E-state index in [0.29, 0.717) is 0 Å². The normalized spacial score (nSPS) is 29.4. The average molecular weight is 241 g/mol. The molecule has 0 saturated carbocycles. The van der Waals surface area contributed by atoms with E-state index in [0.717, 1.165) is 5.56 Å². The molecular weight excluding hydrogens is 228 g/mol. The SMILES string of the molecule is O=C(O)C1C(F)C(F)CN1Cc1ccccc1. The molecule has 0 aromatic heterocycles. The number of halogens is 2.